The lowest BCUT2D eigenvalue weighted by Crippen LogP contribution is -2.46. The third-order valence-electron chi connectivity index (χ3n) is 3.70. The van der Waals surface area contributed by atoms with Crippen LogP contribution in [-0.2, 0) is 0 Å². The highest BCUT2D eigenvalue weighted by molar-refractivity contribution is 4.85. The fourth-order valence-corrected chi connectivity index (χ4v) is 2.29. The van der Waals surface area contributed by atoms with Gasteiger partial charge in [-0.3, -0.25) is 0 Å². The molecule has 0 spiro atoms. The number of likely N-dealkylation sites (tertiary alicyclic amines) is 1. The highest BCUT2D eigenvalue weighted by Crippen LogP contribution is 2.24. The molecule has 1 unspecified atom stereocenters. The molecule has 0 saturated carbocycles. The van der Waals surface area contributed by atoms with Gasteiger partial charge in [-0.05, 0) is 51.2 Å². The summed E-state index contributed by atoms with van der Waals surface area (Å²) in [5.74, 6) is 0. The average Bonchev–Trinajstić information content (AvgIpc) is 2.65. The summed E-state index contributed by atoms with van der Waals surface area (Å²) in [5, 5.41) is 3.62. The second-order valence-corrected chi connectivity index (χ2v) is 5.65. The molecule has 1 N–H and O–H groups in total. The molecule has 1 fully saturated rings. The highest BCUT2D eigenvalue weighted by Gasteiger charge is 2.28. The minimum atomic E-state index is 0.388. The molecule has 0 aliphatic carbocycles. The molecule has 0 aromatic heterocycles. The van der Waals surface area contributed by atoms with Crippen molar-refractivity contribution < 1.29 is 0 Å². The summed E-state index contributed by atoms with van der Waals surface area (Å²) < 4.78 is 0. The monoisotopic (exact) mass is 212 g/mol. The van der Waals surface area contributed by atoms with Crippen molar-refractivity contribution in [3.05, 3.63) is 0 Å². The first-order chi connectivity index (χ1) is 7.06. The van der Waals surface area contributed by atoms with Crippen molar-refractivity contribution in [3.8, 4) is 0 Å². The van der Waals surface area contributed by atoms with E-state index in [1.54, 1.807) is 0 Å². The fraction of sp³-hybridized carbons (Fsp3) is 1.00. The topological polar surface area (TPSA) is 15.3 Å². The minimum absolute atomic E-state index is 0.388. The average molecular weight is 212 g/mol. The van der Waals surface area contributed by atoms with Crippen molar-refractivity contribution in [1.82, 2.24) is 10.2 Å². The minimum Gasteiger partial charge on any atom is -0.314 e. The lowest BCUT2D eigenvalue weighted by atomic mass is 9.84. The van der Waals surface area contributed by atoms with Gasteiger partial charge < -0.3 is 10.2 Å². The Morgan fingerprint density at radius 3 is 2.40 bits per heavy atom. The van der Waals surface area contributed by atoms with Crippen LogP contribution in [0.4, 0.5) is 0 Å². The summed E-state index contributed by atoms with van der Waals surface area (Å²) in [6.07, 6.45) is 4.02. The molecule has 1 heterocycles. The van der Waals surface area contributed by atoms with Gasteiger partial charge in [0.25, 0.3) is 0 Å². The number of hydrogen-bond donors (Lipinski definition) is 1. The van der Waals surface area contributed by atoms with E-state index in [9.17, 15) is 0 Å². The van der Waals surface area contributed by atoms with Gasteiger partial charge in [-0.25, -0.2) is 0 Å². The third-order valence-corrected chi connectivity index (χ3v) is 3.70. The fourth-order valence-electron chi connectivity index (χ4n) is 2.29. The maximum absolute atomic E-state index is 3.62. The van der Waals surface area contributed by atoms with E-state index in [2.05, 4.69) is 37.9 Å². The van der Waals surface area contributed by atoms with E-state index in [0.717, 1.165) is 6.54 Å². The molecule has 2 heteroatoms. The quantitative estimate of drug-likeness (QED) is 0.728. The molecule has 15 heavy (non-hydrogen) atoms. The Balaban J connectivity index is 2.34. The number of nitrogens with one attached hydrogen (secondary N) is 1. The van der Waals surface area contributed by atoms with Gasteiger partial charge in [-0.1, -0.05) is 20.8 Å². The van der Waals surface area contributed by atoms with Crippen LogP contribution >= 0.6 is 0 Å². The Labute approximate surface area is 95.4 Å². The Hall–Kier alpha value is -0.0800. The predicted molar refractivity (Wildman–Crippen MR) is 67.2 cm³/mol. The zero-order chi connectivity index (χ0) is 11.3. The van der Waals surface area contributed by atoms with Gasteiger partial charge in [0.1, 0.15) is 0 Å². The van der Waals surface area contributed by atoms with E-state index in [0.29, 0.717) is 11.5 Å². The second kappa shape index (κ2) is 5.86. The molecule has 0 radical (unpaired) electrons. The maximum atomic E-state index is 3.62. The van der Waals surface area contributed by atoms with Crippen LogP contribution in [0.1, 0.15) is 47.0 Å². The summed E-state index contributed by atoms with van der Waals surface area (Å²) in [5.41, 5.74) is 0.388. The molecule has 90 valence electrons. The van der Waals surface area contributed by atoms with E-state index in [-0.39, 0.29) is 0 Å². The van der Waals surface area contributed by atoms with Crippen LogP contribution in [0.3, 0.4) is 0 Å². The van der Waals surface area contributed by atoms with Crippen LogP contribution in [0.25, 0.3) is 0 Å². The summed E-state index contributed by atoms with van der Waals surface area (Å²) in [6.45, 7) is 14.3. The van der Waals surface area contributed by atoms with Gasteiger partial charge in [-0.2, -0.15) is 0 Å². The Morgan fingerprint density at radius 1 is 1.27 bits per heavy atom. The van der Waals surface area contributed by atoms with Gasteiger partial charge in [0.2, 0.25) is 0 Å². The summed E-state index contributed by atoms with van der Waals surface area (Å²) >= 11 is 0. The molecule has 0 aromatic rings. The van der Waals surface area contributed by atoms with Crippen LogP contribution in [0.2, 0.25) is 0 Å². The van der Waals surface area contributed by atoms with Gasteiger partial charge >= 0.3 is 0 Å². The molecule has 1 aliphatic rings. The standard InChI is InChI=1S/C13H28N2/c1-5-8-14-12(2)13(3,4)11-15-9-6-7-10-15/h12,14H,5-11H2,1-4H3. The molecule has 0 amide bonds. The summed E-state index contributed by atoms with van der Waals surface area (Å²) in [6, 6.07) is 0.609. The Bertz CT molecular complexity index is 171. The first-order valence-electron chi connectivity index (χ1n) is 6.52. The molecule has 0 aromatic carbocycles. The van der Waals surface area contributed by atoms with Crippen molar-refractivity contribution in [1.29, 1.82) is 0 Å². The summed E-state index contributed by atoms with van der Waals surface area (Å²) in [4.78, 5) is 2.62. The Kier molecular flexibility index (Phi) is 5.07. The molecule has 1 rings (SSSR count). The lowest BCUT2D eigenvalue weighted by molar-refractivity contribution is 0.164. The van der Waals surface area contributed by atoms with Crippen molar-refractivity contribution >= 4 is 0 Å². The van der Waals surface area contributed by atoms with E-state index in [1.165, 1.54) is 38.9 Å². The largest absolute Gasteiger partial charge is 0.314 e. The second-order valence-electron chi connectivity index (χ2n) is 5.65. The zero-order valence-electron chi connectivity index (χ0n) is 11.0. The molecule has 0 bridgehead atoms. The van der Waals surface area contributed by atoms with Crippen molar-refractivity contribution in [2.45, 2.75) is 53.0 Å². The van der Waals surface area contributed by atoms with Crippen molar-refractivity contribution in [2.24, 2.45) is 5.41 Å². The van der Waals surface area contributed by atoms with Crippen molar-refractivity contribution in [3.63, 3.8) is 0 Å². The van der Waals surface area contributed by atoms with Gasteiger partial charge in [0.15, 0.2) is 0 Å². The highest BCUT2D eigenvalue weighted by atomic mass is 15.1. The SMILES string of the molecule is CCCNC(C)C(C)(C)CN1CCCC1. The Morgan fingerprint density at radius 2 is 1.87 bits per heavy atom. The molecule has 1 atom stereocenters. The van der Waals surface area contributed by atoms with Crippen LogP contribution in [0.5, 0.6) is 0 Å². The maximum Gasteiger partial charge on any atom is 0.0102 e. The first kappa shape index (κ1) is 13.0. The first-order valence-corrected chi connectivity index (χ1v) is 6.52. The van der Waals surface area contributed by atoms with Crippen LogP contribution in [0, 0.1) is 5.41 Å². The third kappa shape index (κ3) is 4.12. The number of nitrogens with zero attached hydrogens (tertiary/aromatic N) is 1. The molecular weight excluding hydrogens is 184 g/mol. The van der Waals surface area contributed by atoms with E-state index < -0.39 is 0 Å². The normalized spacial score (nSPS) is 20.8. The van der Waals surface area contributed by atoms with Crippen LogP contribution in [0.15, 0.2) is 0 Å². The molecule has 1 aliphatic heterocycles. The van der Waals surface area contributed by atoms with Crippen molar-refractivity contribution in [2.75, 3.05) is 26.2 Å². The molecule has 1 saturated heterocycles. The van der Waals surface area contributed by atoms with Crippen LogP contribution < -0.4 is 5.32 Å². The lowest BCUT2D eigenvalue weighted by Gasteiger charge is -2.36. The van der Waals surface area contributed by atoms with Gasteiger partial charge in [0.05, 0.1) is 0 Å². The zero-order valence-corrected chi connectivity index (χ0v) is 11.0. The predicted octanol–water partition coefficient (Wildman–Crippen LogP) is 2.50. The van der Waals surface area contributed by atoms with Gasteiger partial charge in [-0.15, -0.1) is 0 Å². The van der Waals surface area contributed by atoms with E-state index in [1.807, 2.05) is 0 Å². The number of hydrogen-bond acceptors (Lipinski definition) is 2. The van der Waals surface area contributed by atoms with E-state index in [4.69, 9.17) is 0 Å². The number of rotatable bonds is 6. The van der Waals surface area contributed by atoms with E-state index >= 15 is 0 Å². The summed E-state index contributed by atoms with van der Waals surface area (Å²) in [7, 11) is 0. The molecule has 2 nitrogen and oxygen atoms in total. The smallest absolute Gasteiger partial charge is 0.0102 e. The van der Waals surface area contributed by atoms with Gasteiger partial charge in [0, 0.05) is 12.6 Å². The van der Waals surface area contributed by atoms with Crippen LogP contribution in [-0.4, -0.2) is 37.1 Å². The molecular formula is C13H28N2.